The van der Waals surface area contributed by atoms with Gasteiger partial charge in [-0.25, -0.2) is 13.4 Å². The largest absolute Gasteiger partial charge is 0.358 e. The Labute approximate surface area is 137 Å². The van der Waals surface area contributed by atoms with Crippen molar-refractivity contribution in [3.05, 3.63) is 59.3 Å². The van der Waals surface area contributed by atoms with Gasteiger partial charge in [0, 0.05) is 37.9 Å². The summed E-state index contributed by atoms with van der Waals surface area (Å²) in [7, 11) is -1.40. The Morgan fingerprint density at radius 2 is 1.83 bits per heavy atom. The van der Waals surface area contributed by atoms with Gasteiger partial charge in [0.05, 0.1) is 5.75 Å². The molecule has 0 radical (unpaired) electrons. The molecule has 0 bridgehead atoms. The van der Waals surface area contributed by atoms with Crippen molar-refractivity contribution < 1.29 is 8.42 Å². The third-order valence-electron chi connectivity index (χ3n) is 4.07. The maximum Gasteiger partial charge on any atom is 0.218 e. The van der Waals surface area contributed by atoms with E-state index in [1.54, 1.807) is 4.31 Å². The van der Waals surface area contributed by atoms with Crippen LogP contribution < -0.4 is 4.90 Å². The van der Waals surface area contributed by atoms with E-state index in [1.807, 2.05) is 61.3 Å². The summed E-state index contributed by atoms with van der Waals surface area (Å²) in [6, 6.07) is 13.2. The van der Waals surface area contributed by atoms with Gasteiger partial charge in [-0.15, -0.1) is 0 Å². The summed E-state index contributed by atoms with van der Waals surface area (Å²) in [6.07, 6.45) is 0. The first-order chi connectivity index (χ1) is 11.0. The molecule has 1 aliphatic heterocycles. The van der Waals surface area contributed by atoms with Gasteiger partial charge < -0.3 is 4.90 Å². The topological polar surface area (TPSA) is 53.5 Å². The lowest BCUT2D eigenvalue weighted by Gasteiger charge is -2.20. The number of likely N-dealkylation sites (N-methyl/N-ethyl adjacent to an activating group) is 1. The summed E-state index contributed by atoms with van der Waals surface area (Å²) in [4.78, 5) is 6.59. The van der Waals surface area contributed by atoms with Crippen LogP contribution in [0.15, 0.2) is 42.5 Å². The molecule has 3 rings (SSSR count). The number of anilines is 1. The zero-order valence-corrected chi connectivity index (χ0v) is 14.3. The molecule has 1 aromatic heterocycles. The molecule has 0 spiro atoms. The first kappa shape index (κ1) is 16.0. The Kier molecular flexibility index (Phi) is 4.37. The molecule has 1 aliphatic rings. The van der Waals surface area contributed by atoms with Gasteiger partial charge in [-0.1, -0.05) is 36.4 Å². The van der Waals surface area contributed by atoms with E-state index in [9.17, 15) is 8.42 Å². The molecule has 0 fully saturated rings. The van der Waals surface area contributed by atoms with Gasteiger partial charge in [0.2, 0.25) is 10.0 Å². The number of aromatic nitrogens is 1. The van der Waals surface area contributed by atoms with Crippen molar-refractivity contribution in [2.24, 2.45) is 0 Å². The molecule has 6 heteroatoms. The summed E-state index contributed by atoms with van der Waals surface area (Å²) >= 11 is 0. The Hall–Kier alpha value is -1.92. The molecule has 122 valence electrons. The second-order valence-corrected chi connectivity index (χ2v) is 7.90. The van der Waals surface area contributed by atoms with Gasteiger partial charge in [0.25, 0.3) is 0 Å². The molecule has 5 nitrogen and oxygen atoms in total. The number of sulfonamides is 1. The minimum atomic E-state index is -3.36. The van der Waals surface area contributed by atoms with E-state index < -0.39 is 10.0 Å². The van der Waals surface area contributed by atoms with Crippen molar-refractivity contribution in [2.75, 3.05) is 25.0 Å². The van der Waals surface area contributed by atoms with Gasteiger partial charge in [-0.3, -0.25) is 0 Å². The van der Waals surface area contributed by atoms with Crippen LogP contribution in [0.4, 0.5) is 5.82 Å². The van der Waals surface area contributed by atoms with Crippen LogP contribution in [0.5, 0.6) is 0 Å². The predicted molar refractivity (Wildman–Crippen MR) is 91.7 cm³/mol. The number of benzene rings is 1. The van der Waals surface area contributed by atoms with Crippen LogP contribution in [0.25, 0.3) is 0 Å². The zero-order valence-electron chi connectivity index (χ0n) is 13.4. The Balaban J connectivity index is 1.87. The summed E-state index contributed by atoms with van der Waals surface area (Å²) < 4.78 is 27.1. The molecule has 0 saturated carbocycles. The maximum absolute atomic E-state index is 12.8. The summed E-state index contributed by atoms with van der Waals surface area (Å²) in [5.74, 6) is 0.911. The van der Waals surface area contributed by atoms with Crippen LogP contribution in [0.1, 0.15) is 16.8 Å². The molecular formula is C17H21N3O2S. The molecule has 2 aromatic rings. The molecule has 0 aliphatic carbocycles. The maximum atomic E-state index is 12.8. The SMILES string of the molecule is Cc1ccc2c(n1)N(C)CCN(S(=O)(=O)Cc1ccccc1)C2. The van der Waals surface area contributed by atoms with Crippen LogP contribution >= 0.6 is 0 Å². The van der Waals surface area contributed by atoms with Crippen LogP contribution in [-0.4, -0.2) is 37.8 Å². The summed E-state index contributed by atoms with van der Waals surface area (Å²) in [5.41, 5.74) is 2.70. The van der Waals surface area contributed by atoms with Crippen molar-refractivity contribution >= 4 is 15.8 Å². The molecule has 23 heavy (non-hydrogen) atoms. The van der Waals surface area contributed by atoms with Crippen molar-refractivity contribution in [2.45, 2.75) is 19.2 Å². The summed E-state index contributed by atoms with van der Waals surface area (Å²) in [5, 5.41) is 0. The van der Waals surface area contributed by atoms with E-state index in [0.717, 1.165) is 22.6 Å². The lowest BCUT2D eigenvalue weighted by molar-refractivity contribution is 0.419. The van der Waals surface area contributed by atoms with Gasteiger partial charge in [-0.05, 0) is 18.6 Å². The van der Waals surface area contributed by atoms with Crippen molar-refractivity contribution in [3.8, 4) is 0 Å². The lowest BCUT2D eigenvalue weighted by atomic mass is 10.2. The van der Waals surface area contributed by atoms with Crippen molar-refractivity contribution in [3.63, 3.8) is 0 Å². The fraction of sp³-hybridized carbons (Fsp3) is 0.353. The average molecular weight is 331 g/mol. The highest BCUT2D eigenvalue weighted by Crippen LogP contribution is 2.24. The van der Waals surface area contributed by atoms with E-state index in [1.165, 1.54) is 0 Å². The van der Waals surface area contributed by atoms with Gasteiger partial charge >= 0.3 is 0 Å². The molecule has 1 aromatic carbocycles. The van der Waals surface area contributed by atoms with E-state index in [4.69, 9.17) is 0 Å². The van der Waals surface area contributed by atoms with Crippen molar-refractivity contribution in [1.29, 1.82) is 0 Å². The Bertz CT molecular complexity index is 791. The molecule has 0 unspecified atom stereocenters. The smallest absolute Gasteiger partial charge is 0.218 e. The molecule has 2 heterocycles. The van der Waals surface area contributed by atoms with Gasteiger partial charge in [0.1, 0.15) is 5.82 Å². The van der Waals surface area contributed by atoms with E-state index in [2.05, 4.69) is 4.98 Å². The third-order valence-corrected chi connectivity index (χ3v) is 5.87. The quantitative estimate of drug-likeness (QED) is 0.865. The zero-order chi connectivity index (χ0) is 16.4. The minimum absolute atomic E-state index is 0.0339. The first-order valence-corrected chi connectivity index (χ1v) is 9.26. The molecule has 0 saturated heterocycles. The highest BCUT2D eigenvalue weighted by molar-refractivity contribution is 7.88. The number of nitrogens with zero attached hydrogens (tertiary/aromatic N) is 3. The fourth-order valence-corrected chi connectivity index (χ4v) is 4.27. The minimum Gasteiger partial charge on any atom is -0.358 e. The van der Waals surface area contributed by atoms with Crippen LogP contribution in [0.2, 0.25) is 0 Å². The van der Waals surface area contributed by atoms with Crippen LogP contribution in [-0.2, 0) is 22.3 Å². The second kappa shape index (κ2) is 6.29. The molecule has 0 atom stereocenters. The number of fused-ring (bicyclic) bond motifs is 1. The van der Waals surface area contributed by atoms with E-state index in [0.29, 0.717) is 19.6 Å². The van der Waals surface area contributed by atoms with Gasteiger partial charge in [-0.2, -0.15) is 4.31 Å². The number of hydrogen-bond acceptors (Lipinski definition) is 4. The number of pyridine rings is 1. The Morgan fingerprint density at radius 1 is 1.09 bits per heavy atom. The van der Waals surface area contributed by atoms with E-state index in [-0.39, 0.29) is 5.75 Å². The standard InChI is InChI=1S/C17H21N3O2S/c1-14-8-9-16-12-20(11-10-19(2)17(16)18-14)23(21,22)13-15-6-4-3-5-7-15/h3-9H,10-13H2,1-2H3. The second-order valence-electron chi connectivity index (χ2n) is 5.93. The first-order valence-electron chi connectivity index (χ1n) is 7.65. The van der Waals surface area contributed by atoms with E-state index >= 15 is 0 Å². The highest BCUT2D eigenvalue weighted by Gasteiger charge is 2.27. The number of rotatable bonds is 3. The van der Waals surface area contributed by atoms with Crippen LogP contribution in [0, 0.1) is 6.92 Å². The number of hydrogen-bond donors (Lipinski definition) is 0. The van der Waals surface area contributed by atoms with Gasteiger partial charge in [0.15, 0.2) is 0 Å². The highest BCUT2D eigenvalue weighted by atomic mass is 32.2. The fourth-order valence-electron chi connectivity index (χ4n) is 2.78. The lowest BCUT2D eigenvalue weighted by Crippen LogP contribution is -2.35. The predicted octanol–water partition coefficient (Wildman–Crippen LogP) is 2.17. The summed E-state index contributed by atoms with van der Waals surface area (Å²) in [6.45, 7) is 3.43. The average Bonchev–Trinajstić information content (AvgIpc) is 2.68. The third kappa shape index (κ3) is 3.54. The monoisotopic (exact) mass is 331 g/mol. The number of aryl methyl sites for hydroxylation is 1. The normalized spacial score (nSPS) is 16.0. The molecular weight excluding hydrogens is 310 g/mol. The molecule has 0 amide bonds. The van der Waals surface area contributed by atoms with Crippen molar-refractivity contribution in [1.82, 2.24) is 9.29 Å². The molecule has 0 N–H and O–H groups in total. The Morgan fingerprint density at radius 3 is 2.57 bits per heavy atom. The van der Waals surface area contributed by atoms with Crippen LogP contribution in [0.3, 0.4) is 0 Å².